The normalized spacial score (nSPS) is 12.6. The first kappa shape index (κ1) is 28.3. The van der Waals surface area contributed by atoms with Gasteiger partial charge in [-0.3, -0.25) is 0 Å². The van der Waals surface area contributed by atoms with E-state index in [0.29, 0.717) is 0 Å². The SMILES string of the molecule is c1ccc(-c2c3ccccc3c(-c3ccccc3-c3cccc4c3Oc3cccc5c3B4c3c(ccc4ccccc34)O5)c3ccccc23)cc1. The van der Waals surface area contributed by atoms with Gasteiger partial charge in [-0.1, -0.05) is 158 Å². The minimum Gasteiger partial charge on any atom is -0.458 e. The highest BCUT2D eigenvalue weighted by Gasteiger charge is 2.41. The van der Waals surface area contributed by atoms with Crippen LogP contribution in [-0.2, 0) is 0 Å². The topological polar surface area (TPSA) is 18.5 Å². The van der Waals surface area contributed by atoms with Crippen LogP contribution < -0.4 is 25.9 Å². The molecule has 0 amide bonds. The number of hydrogen-bond donors (Lipinski definition) is 0. The summed E-state index contributed by atoms with van der Waals surface area (Å²) in [6.07, 6.45) is 0. The predicted molar refractivity (Wildman–Crippen MR) is 213 cm³/mol. The Morgan fingerprint density at radius 1 is 0.333 bits per heavy atom. The lowest BCUT2D eigenvalue weighted by molar-refractivity contribution is 0.466. The number of para-hydroxylation sites is 1. The minimum absolute atomic E-state index is 0.0336. The first-order valence-corrected chi connectivity index (χ1v) is 17.6. The van der Waals surface area contributed by atoms with Crippen LogP contribution in [0.3, 0.4) is 0 Å². The van der Waals surface area contributed by atoms with Crippen molar-refractivity contribution < 1.29 is 9.47 Å². The zero-order chi connectivity index (χ0) is 33.5. The van der Waals surface area contributed by atoms with Gasteiger partial charge < -0.3 is 9.47 Å². The molecule has 2 heterocycles. The average Bonchev–Trinajstić information content (AvgIpc) is 3.20. The zero-order valence-corrected chi connectivity index (χ0v) is 27.6. The standard InChI is InChI=1S/C48H29BO2/c1-2-15-31(16-3-1)44-35-20-8-10-22-37(35)45(38-23-11-9-21-36(38)44)34-19-7-6-18-33(34)39-24-12-25-40-48(39)51-42-27-13-26-41-47(42)49(40)46-32-17-5-4-14-30(32)28-29-43(46)50-41/h1-29H. The lowest BCUT2D eigenvalue weighted by Crippen LogP contribution is -2.57. The van der Waals surface area contributed by atoms with Crippen LogP contribution in [0.5, 0.6) is 23.0 Å². The fraction of sp³-hybridized carbons (Fsp3) is 0. The Balaban J connectivity index is 1.19. The van der Waals surface area contributed by atoms with Crippen LogP contribution >= 0.6 is 0 Å². The van der Waals surface area contributed by atoms with E-state index in [2.05, 4.69) is 170 Å². The molecule has 9 aromatic rings. The molecule has 0 aliphatic carbocycles. The maximum absolute atomic E-state index is 7.00. The first-order chi connectivity index (χ1) is 25.3. The van der Waals surface area contributed by atoms with Crippen molar-refractivity contribution in [3.8, 4) is 56.4 Å². The minimum atomic E-state index is -0.0336. The molecule has 2 aliphatic heterocycles. The van der Waals surface area contributed by atoms with Gasteiger partial charge in [-0.2, -0.15) is 0 Å². The molecule has 11 rings (SSSR count). The predicted octanol–water partition coefficient (Wildman–Crippen LogP) is 10.9. The molecule has 0 saturated heterocycles. The highest BCUT2D eigenvalue weighted by molar-refractivity contribution is 6.99. The highest BCUT2D eigenvalue weighted by Crippen LogP contribution is 2.48. The molecule has 0 aromatic heterocycles. The van der Waals surface area contributed by atoms with E-state index in [4.69, 9.17) is 9.47 Å². The molecule has 0 bridgehead atoms. The van der Waals surface area contributed by atoms with Crippen LogP contribution in [0.15, 0.2) is 176 Å². The van der Waals surface area contributed by atoms with Crippen molar-refractivity contribution in [3.05, 3.63) is 176 Å². The van der Waals surface area contributed by atoms with Gasteiger partial charge in [0.1, 0.15) is 23.0 Å². The van der Waals surface area contributed by atoms with Crippen molar-refractivity contribution in [2.75, 3.05) is 0 Å². The van der Waals surface area contributed by atoms with Crippen LogP contribution in [-0.4, -0.2) is 6.71 Å². The Morgan fingerprint density at radius 2 is 0.882 bits per heavy atom. The summed E-state index contributed by atoms with van der Waals surface area (Å²) in [5.41, 5.74) is 10.5. The Kier molecular flexibility index (Phi) is 6.08. The first-order valence-electron chi connectivity index (χ1n) is 17.6. The monoisotopic (exact) mass is 648 g/mol. The van der Waals surface area contributed by atoms with Gasteiger partial charge in [0.2, 0.25) is 0 Å². The van der Waals surface area contributed by atoms with Gasteiger partial charge in [0.05, 0.1) is 0 Å². The second kappa shape index (κ2) is 11.0. The third kappa shape index (κ3) is 4.12. The molecular formula is C48H29BO2. The molecule has 0 fully saturated rings. The van der Waals surface area contributed by atoms with Crippen molar-refractivity contribution in [1.82, 2.24) is 0 Å². The van der Waals surface area contributed by atoms with Gasteiger partial charge in [0.15, 0.2) is 0 Å². The second-order valence-electron chi connectivity index (χ2n) is 13.5. The van der Waals surface area contributed by atoms with Gasteiger partial charge in [-0.15, -0.1) is 0 Å². The molecule has 0 unspecified atom stereocenters. The molecule has 0 N–H and O–H groups in total. The fourth-order valence-corrected chi connectivity index (χ4v) is 8.71. The van der Waals surface area contributed by atoms with Crippen molar-refractivity contribution in [3.63, 3.8) is 0 Å². The number of fused-ring (bicyclic) bond motifs is 8. The summed E-state index contributed by atoms with van der Waals surface area (Å²) in [6.45, 7) is -0.0336. The van der Waals surface area contributed by atoms with Gasteiger partial charge in [-0.05, 0) is 89.3 Å². The third-order valence-electron chi connectivity index (χ3n) is 10.8. The molecule has 0 spiro atoms. The van der Waals surface area contributed by atoms with E-state index in [1.54, 1.807) is 0 Å². The van der Waals surface area contributed by atoms with E-state index in [-0.39, 0.29) is 6.71 Å². The van der Waals surface area contributed by atoms with E-state index in [1.165, 1.54) is 60.0 Å². The molecule has 3 heteroatoms. The van der Waals surface area contributed by atoms with Crippen molar-refractivity contribution in [2.45, 2.75) is 0 Å². The maximum atomic E-state index is 7.00. The number of ether oxygens (including phenoxy) is 2. The smallest absolute Gasteiger partial charge is 0.261 e. The fourth-order valence-electron chi connectivity index (χ4n) is 8.71. The Bertz CT molecular complexity index is 2820. The van der Waals surface area contributed by atoms with Gasteiger partial charge in [-0.25, -0.2) is 0 Å². The second-order valence-corrected chi connectivity index (χ2v) is 13.5. The molecule has 9 aromatic carbocycles. The average molecular weight is 649 g/mol. The van der Waals surface area contributed by atoms with Gasteiger partial charge in [0, 0.05) is 11.0 Å². The van der Waals surface area contributed by atoms with Crippen LogP contribution in [0.1, 0.15) is 0 Å². The van der Waals surface area contributed by atoms with Crippen LogP contribution in [0.2, 0.25) is 0 Å². The molecule has 51 heavy (non-hydrogen) atoms. The van der Waals surface area contributed by atoms with Crippen molar-refractivity contribution in [2.24, 2.45) is 0 Å². The van der Waals surface area contributed by atoms with E-state index in [1.807, 2.05) is 6.07 Å². The molecule has 2 aliphatic rings. The van der Waals surface area contributed by atoms with Gasteiger partial charge in [0.25, 0.3) is 6.71 Å². The van der Waals surface area contributed by atoms with Gasteiger partial charge >= 0.3 is 0 Å². The molecule has 0 radical (unpaired) electrons. The maximum Gasteiger partial charge on any atom is 0.261 e. The van der Waals surface area contributed by atoms with E-state index in [9.17, 15) is 0 Å². The van der Waals surface area contributed by atoms with Crippen LogP contribution in [0, 0.1) is 0 Å². The number of hydrogen-bond acceptors (Lipinski definition) is 2. The Hall–Kier alpha value is -6.58. The Morgan fingerprint density at radius 3 is 1.63 bits per heavy atom. The summed E-state index contributed by atoms with van der Waals surface area (Å²) in [6, 6.07) is 63.1. The molecular weight excluding hydrogens is 619 g/mol. The Labute approximate surface area is 296 Å². The lowest BCUT2D eigenvalue weighted by atomic mass is 9.34. The molecule has 2 nitrogen and oxygen atoms in total. The van der Waals surface area contributed by atoms with Crippen molar-refractivity contribution >= 4 is 55.4 Å². The number of benzene rings is 9. The largest absolute Gasteiger partial charge is 0.458 e. The summed E-state index contributed by atoms with van der Waals surface area (Å²) >= 11 is 0. The van der Waals surface area contributed by atoms with Crippen molar-refractivity contribution in [1.29, 1.82) is 0 Å². The third-order valence-corrected chi connectivity index (χ3v) is 10.8. The summed E-state index contributed by atoms with van der Waals surface area (Å²) in [7, 11) is 0. The quantitative estimate of drug-likeness (QED) is 0.140. The summed E-state index contributed by atoms with van der Waals surface area (Å²) in [5.74, 6) is 3.50. The highest BCUT2D eigenvalue weighted by atomic mass is 16.5. The van der Waals surface area contributed by atoms with Crippen LogP contribution in [0.4, 0.5) is 0 Å². The summed E-state index contributed by atoms with van der Waals surface area (Å²) in [4.78, 5) is 0. The lowest BCUT2D eigenvalue weighted by Gasteiger charge is -2.34. The number of rotatable bonds is 3. The van der Waals surface area contributed by atoms with E-state index >= 15 is 0 Å². The van der Waals surface area contributed by atoms with E-state index in [0.717, 1.165) is 45.1 Å². The molecule has 0 atom stereocenters. The zero-order valence-electron chi connectivity index (χ0n) is 27.6. The van der Waals surface area contributed by atoms with E-state index < -0.39 is 0 Å². The summed E-state index contributed by atoms with van der Waals surface area (Å²) < 4.78 is 13.6. The molecule has 236 valence electrons. The van der Waals surface area contributed by atoms with Crippen LogP contribution in [0.25, 0.3) is 65.7 Å². The summed E-state index contributed by atoms with van der Waals surface area (Å²) in [5, 5.41) is 7.35. The molecule has 0 saturated carbocycles.